The van der Waals surface area contributed by atoms with Crippen molar-refractivity contribution in [3.8, 4) is 17.2 Å². The predicted molar refractivity (Wildman–Crippen MR) is 108 cm³/mol. The molecule has 0 saturated carbocycles. The fourth-order valence-corrected chi connectivity index (χ4v) is 5.00. The number of carbonyl (C=O) groups excluding carboxylic acids is 1. The molecular formula is C20H19FN4O5S. The number of halogens is 1. The minimum atomic E-state index is -3.88. The molecule has 1 aromatic heterocycles. The Bertz CT molecular complexity index is 1180. The van der Waals surface area contributed by atoms with Crippen molar-refractivity contribution in [3.63, 3.8) is 0 Å². The average Bonchev–Trinajstić information content (AvgIpc) is 3.44. The van der Waals surface area contributed by atoms with E-state index in [9.17, 15) is 17.6 Å². The van der Waals surface area contributed by atoms with Crippen molar-refractivity contribution in [2.24, 2.45) is 0 Å². The molecule has 9 nitrogen and oxygen atoms in total. The lowest BCUT2D eigenvalue weighted by Crippen LogP contribution is -2.43. The molecule has 162 valence electrons. The highest BCUT2D eigenvalue weighted by molar-refractivity contribution is 7.89. The lowest BCUT2D eigenvalue weighted by Gasteiger charge is -2.22. The number of nitrogens with one attached hydrogen (secondary N) is 1. The Labute approximate surface area is 177 Å². The van der Waals surface area contributed by atoms with Crippen LogP contribution in [0.1, 0.15) is 12.8 Å². The molecule has 1 N–H and O–H groups in total. The predicted octanol–water partition coefficient (Wildman–Crippen LogP) is 2.68. The Balaban J connectivity index is 1.49. The minimum absolute atomic E-state index is 0.0735. The third-order valence-corrected chi connectivity index (χ3v) is 6.84. The van der Waals surface area contributed by atoms with E-state index in [0.29, 0.717) is 24.2 Å². The zero-order chi connectivity index (χ0) is 22.0. The standard InChI is InChI=1S/C20H19FN4O5S/c1-29-15-8-10-16(11-9-15)31(27,28)25-12-2-3-17(25)18(26)22-20-24-23-19(30-20)13-4-6-14(21)7-5-13/h4-11,17H,2-3,12H2,1H3,(H,22,24,26). The normalized spacial score (nSPS) is 16.9. The van der Waals surface area contributed by atoms with Gasteiger partial charge in [-0.1, -0.05) is 5.10 Å². The highest BCUT2D eigenvalue weighted by Crippen LogP contribution is 2.28. The van der Waals surface area contributed by atoms with Gasteiger partial charge in [-0.25, -0.2) is 12.8 Å². The Morgan fingerprint density at radius 2 is 1.87 bits per heavy atom. The number of carbonyl (C=O) groups is 1. The Kier molecular flexibility index (Phi) is 5.70. The van der Waals surface area contributed by atoms with Crippen LogP contribution in [-0.2, 0) is 14.8 Å². The van der Waals surface area contributed by atoms with Crippen LogP contribution in [0.25, 0.3) is 11.5 Å². The van der Waals surface area contributed by atoms with Crippen LogP contribution >= 0.6 is 0 Å². The number of hydrogen-bond acceptors (Lipinski definition) is 7. The van der Waals surface area contributed by atoms with E-state index in [2.05, 4.69) is 15.5 Å². The number of sulfonamides is 1. The van der Waals surface area contributed by atoms with Crippen molar-refractivity contribution in [1.82, 2.24) is 14.5 Å². The number of anilines is 1. The number of benzene rings is 2. The van der Waals surface area contributed by atoms with Crippen LogP contribution in [-0.4, -0.2) is 48.5 Å². The van der Waals surface area contributed by atoms with E-state index < -0.39 is 27.8 Å². The molecule has 1 fully saturated rings. The smallest absolute Gasteiger partial charge is 0.322 e. The number of rotatable bonds is 6. The van der Waals surface area contributed by atoms with Gasteiger partial charge >= 0.3 is 6.01 Å². The van der Waals surface area contributed by atoms with Crippen LogP contribution in [0, 0.1) is 5.82 Å². The highest BCUT2D eigenvalue weighted by Gasteiger charge is 2.40. The molecule has 4 rings (SSSR count). The molecule has 11 heteroatoms. The van der Waals surface area contributed by atoms with Crippen molar-refractivity contribution in [2.75, 3.05) is 19.0 Å². The topological polar surface area (TPSA) is 115 Å². The molecule has 2 heterocycles. The summed E-state index contributed by atoms with van der Waals surface area (Å²) in [5.41, 5.74) is 0.485. The van der Waals surface area contributed by atoms with Crippen molar-refractivity contribution >= 4 is 21.9 Å². The summed E-state index contributed by atoms with van der Waals surface area (Å²) in [6.07, 6.45) is 0.901. The maximum atomic E-state index is 13.1. The number of hydrogen-bond donors (Lipinski definition) is 1. The molecule has 1 unspecified atom stereocenters. The van der Waals surface area contributed by atoms with Crippen LogP contribution in [0.3, 0.4) is 0 Å². The van der Waals surface area contributed by atoms with Crippen molar-refractivity contribution in [2.45, 2.75) is 23.8 Å². The molecule has 31 heavy (non-hydrogen) atoms. The van der Waals surface area contributed by atoms with Crippen molar-refractivity contribution in [3.05, 3.63) is 54.3 Å². The Morgan fingerprint density at radius 1 is 1.16 bits per heavy atom. The Hall–Kier alpha value is -3.31. The van der Waals surface area contributed by atoms with Gasteiger partial charge in [0.25, 0.3) is 0 Å². The molecular weight excluding hydrogens is 427 g/mol. The van der Waals surface area contributed by atoms with E-state index in [0.717, 1.165) is 0 Å². The summed E-state index contributed by atoms with van der Waals surface area (Å²) < 4.78 is 50.8. The summed E-state index contributed by atoms with van der Waals surface area (Å²) in [5.74, 6) is -0.340. The molecule has 3 aromatic rings. The monoisotopic (exact) mass is 446 g/mol. The first kappa shape index (κ1) is 20.9. The molecule has 1 saturated heterocycles. The fourth-order valence-electron chi connectivity index (χ4n) is 3.34. The molecule has 0 spiro atoms. The fraction of sp³-hybridized carbons (Fsp3) is 0.250. The van der Waals surface area contributed by atoms with E-state index in [1.807, 2.05) is 0 Å². The van der Waals surface area contributed by atoms with Gasteiger partial charge in [0, 0.05) is 12.1 Å². The van der Waals surface area contributed by atoms with Crippen molar-refractivity contribution in [1.29, 1.82) is 0 Å². The first-order valence-corrected chi connectivity index (χ1v) is 10.9. The second-order valence-electron chi connectivity index (χ2n) is 6.86. The molecule has 1 aliphatic heterocycles. The quantitative estimate of drug-likeness (QED) is 0.619. The van der Waals surface area contributed by atoms with Crippen LogP contribution in [0.4, 0.5) is 10.4 Å². The van der Waals surface area contributed by atoms with Gasteiger partial charge in [-0.15, -0.1) is 5.10 Å². The zero-order valence-corrected chi connectivity index (χ0v) is 17.3. The van der Waals surface area contributed by atoms with E-state index in [1.54, 1.807) is 12.1 Å². The van der Waals surface area contributed by atoms with Gasteiger partial charge in [-0.2, -0.15) is 4.31 Å². The third kappa shape index (κ3) is 4.28. The zero-order valence-electron chi connectivity index (χ0n) is 16.5. The van der Waals surface area contributed by atoms with Crippen LogP contribution in [0.15, 0.2) is 57.8 Å². The number of nitrogens with zero attached hydrogens (tertiary/aromatic N) is 3. The van der Waals surface area contributed by atoms with E-state index in [1.165, 1.54) is 47.8 Å². The summed E-state index contributed by atoms with van der Waals surface area (Å²) in [7, 11) is -2.39. The van der Waals surface area contributed by atoms with Gasteiger partial charge < -0.3 is 9.15 Å². The summed E-state index contributed by atoms with van der Waals surface area (Å²) in [5, 5.41) is 10.1. The van der Waals surface area contributed by atoms with Gasteiger partial charge in [0.15, 0.2) is 0 Å². The molecule has 0 radical (unpaired) electrons. The second kappa shape index (κ2) is 8.44. The van der Waals surface area contributed by atoms with Gasteiger partial charge in [0.2, 0.25) is 21.8 Å². The second-order valence-corrected chi connectivity index (χ2v) is 8.75. The third-order valence-electron chi connectivity index (χ3n) is 4.92. The Morgan fingerprint density at radius 3 is 2.55 bits per heavy atom. The van der Waals surface area contributed by atoms with E-state index in [-0.39, 0.29) is 23.3 Å². The summed E-state index contributed by atoms with van der Waals surface area (Å²) in [6, 6.07) is 10.3. The number of ether oxygens (including phenoxy) is 1. The number of methoxy groups -OCH3 is 1. The maximum absolute atomic E-state index is 13.1. The lowest BCUT2D eigenvalue weighted by atomic mass is 10.2. The van der Waals surface area contributed by atoms with Gasteiger partial charge in [-0.05, 0) is 61.4 Å². The van der Waals surface area contributed by atoms with E-state index in [4.69, 9.17) is 9.15 Å². The average molecular weight is 446 g/mol. The largest absolute Gasteiger partial charge is 0.497 e. The summed E-state index contributed by atoms with van der Waals surface area (Å²) in [4.78, 5) is 12.9. The van der Waals surface area contributed by atoms with Crippen LogP contribution in [0.2, 0.25) is 0 Å². The van der Waals surface area contributed by atoms with Gasteiger partial charge in [-0.3, -0.25) is 10.1 Å². The van der Waals surface area contributed by atoms with E-state index >= 15 is 0 Å². The number of aromatic nitrogens is 2. The minimum Gasteiger partial charge on any atom is -0.497 e. The molecule has 1 aliphatic rings. The van der Waals surface area contributed by atoms with Crippen LogP contribution in [0.5, 0.6) is 5.75 Å². The first-order chi connectivity index (χ1) is 14.9. The molecule has 0 aliphatic carbocycles. The molecule has 2 aromatic carbocycles. The SMILES string of the molecule is COc1ccc(S(=O)(=O)N2CCCC2C(=O)Nc2nnc(-c3ccc(F)cc3)o2)cc1. The lowest BCUT2D eigenvalue weighted by molar-refractivity contribution is -0.119. The number of amides is 1. The highest BCUT2D eigenvalue weighted by atomic mass is 32.2. The molecule has 1 atom stereocenters. The van der Waals surface area contributed by atoms with Gasteiger partial charge in [0.05, 0.1) is 12.0 Å². The van der Waals surface area contributed by atoms with Crippen molar-refractivity contribution < 1.29 is 26.8 Å². The maximum Gasteiger partial charge on any atom is 0.322 e. The molecule has 0 bridgehead atoms. The van der Waals surface area contributed by atoms with Crippen LogP contribution < -0.4 is 10.1 Å². The van der Waals surface area contributed by atoms with Gasteiger partial charge in [0.1, 0.15) is 17.6 Å². The molecule has 1 amide bonds. The first-order valence-electron chi connectivity index (χ1n) is 9.45. The summed E-state index contributed by atoms with van der Waals surface area (Å²) >= 11 is 0. The summed E-state index contributed by atoms with van der Waals surface area (Å²) in [6.45, 7) is 0.219.